The largest absolute Gasteiger partial charge is 0.306 e. The first-order valence-corrected chi connectivity index (χ1v) is 8.02. The third kappa shape index (κ3) is 3.56. The van der Waals surface area contributed by atoms with Gasteiger partial charge in [0.15, 0.2) is 0 Å². The number of nitrogens with one attached hydrogen (secondary N) is 1. The second-order valence-electron chi connectivity index (χ2n) is 4.70. The van der Waals surface area contributed by atoms with E-state index in [2.05, 4.69) is 53.3 Å². The van der Waals surface area contributed by atoms with Crippen molar-refractivity contribution in [1.29, 1.82) is 0 Å². The lowest BCUT2D eigenvalue weighted by Gasteiger charge is -2.21. The Hall–Kier alpha value is -0.540. The van der Waals surface area contributed by atoms with Crippen molar-refractivity contribution in [3.63, 3.8) is 0 Å². The van der Waals surface area contributed by atoms with E-state index in [4.69, 9.17) is 23.2 Å². The molecule has 4 heteroatoms. The van der Waals surface area contributed by atoms with Gasteiger partial charge in [0, 0.05) is 4.47 Å². The molecule has 0 saturated heterocycles. The first-order valence-electron chi connectivity index (χ1n) is 6.47. The van der Waals surface area contributed by atoms with Crippen LogP contribution in [0, 0.1) is 6.92 Å². The van der Waals surface area contributed by atoms with Gasteiger partial charge in [-0.25, -0.2) is 0 Å². The normalized spacial score (nSPS) is 12.4. The Bertz CT molecular complexity index is 593. The van der Waals surface area contributed by atoms with Crippen molar-refractivity contribution in [2.45, 2.75) is 19.9 Å². The standard InChI is InChI=1S/C16H16BrCl2N/c1-3-20-16(11-7-10(2)8-12(17)9-11)13-5-4-6-14(18)15(13)19/h4-9,16,20H,3H2,1-2H3. The van der Waals surface area contributed by atoms with Crippen molar-refractivity contribution in [2.24, 2.45) is 0 Å². The summed E-state index contributed by atoms with van der Waals surface area (Å²) in [5, 5.41) is 4.67. The second-order valence-corrected chi connectivity index (χ2v) is 6.40. The van der Waals surface area contributed by atoms with Gasteiger partial charge in [-0.15, -0.1) is 0 Å². The molecule has 0 aliphatic carbocycles. The van der Waals surface area contributed by atoms with E-state index in [-0.39, 0.29) is 6.04 Å². The predicted molar refractivity (Wildman–Crippen MR) is 90.9 cm³/mol. The van der Waals surface area contributed by atoms with Crippen molar-refractivity contribution in [3.8, 4) is 0 Å². The average molecular weight is 373 g/mol. The summed E-state index contributed by atoms with van der Waals surface area (Å²) in [5.74, 6) is 0. The van der Waals surface area contributed by atoms with Crippen molar-refractivity contribution in [2.75, 3.05) is 6.54 Å². The molecule has 1 unspecified atom stereocenters. The van der Waals surface area contributed by atoms with Gasteiger partial charge in [-0.05, 0) is 48.4 Å². The van der Waals surface area contributed by atoms with Gasteiger partial charge in [-0.3, -0.25) is 0 Å². The summed E-state index contributed by atoms with van der Waals surface area (Å²) < 4.78 is 1.06. The molecule has 0 aliphatic rings. The van der Waals surface area contributed by atoms with Gasteiger partial charge in [-0.2, -0.15) is 0 Å². The zero-order valence-corrected chi connectivity index (χ0v) is 14.5. The van der Waals surface area contributed by atoms with E-state index < -0.39 is 0 Å². The molecule has 2 aromatic rings. The van der Waals surface area contributed by atoms with Crippen molar-refractivity contribution < 1.29 is 0 Å². The molecule has 0 heterocycles. The van der Waals surface area contributed by atoms with E-state index in [1.54, 1.807) is 0 Å². The van der Waals surface area contributed by atoms with E-state index in [1.165, 1.54) is 11.1 Å². The number of benzene rings is 2. The minimum Gasteiger partial charge on any atom is -0.306 e. The fraction of sp³-hybridized carbons (Fsp3) is 0.250. The molecule has 0 amide bonds. The Balaban J connectivity index is 2.53. The lowest BCUT2D eigenvalue weighted by atomic mass is 9.97. The number of aryl methyl sites for hydroxylation is 1. The third-order valence-corrected chi connectivity index (χ3v) is 4.39. The smallest absolute Gasteiger partial charge is 0.0643 e. The Kier molecular flexibility index (Phi) is 5.50. The van der Waals surface area contributed by atoms with Crippen LogP contribution in [0.25, 0.3) is 0 Å². The minimum absolute atomic E-state index is 0.0300. The van der Waals surface area contributed by atoms with Crippen molar-refractivity contribution in [1.82, 2.24) is 5.32 Å². The molecule has 1 nitrogen and oxygen atoms in total. The Morgan fingerprint density at radius 1 is 1.20 bits per heavy atom. The Labute approximate surface area is 138 Å². The highest BCUT2D eigenvalue weighted by Gasteiger charge is 2.18. The van der Waals surface area contributed by atoms with E-state index in [9.17, 15) is 0 Å². The molecule has 1 atom stereocenters. The van der Waals surface area contributed by atoms with Crippen LogP contribution in [-0.4, -0.2) is 6.54 Å². The van der Waals surface area contributed by atoms with Crippen LogP contribution in [0.5, 0.6) is 0 Å². The monoisotopic (exact) mass is 371 g/mol. The van der Waals surface area contributed by atoms with Crippen LogP contribution in [0.15, 0.2) is 40.9 Å². The number of hydrogen-bond donors (Lipinski definition) is 1. The molecule has 106 valence electrons. The van der Waals surface area contributed by atoms with Gasteiger partial charge in [0.1, 0.15) is 0 Å². The van der Waals surface area contributed by atoms with Gasteiger partial charge < -0.3 is 5.32 Å². The molecule has 2 aromatic carbocycles. The van der Waals surface area contributed by atoms with Gasteiger partial charge >= 0.3 is 0 Å². The quantitative estimate of drug-likeness (QED) is 0.718. The summed E-state index contributed by atoms with van der Waals surface area (Å²) in [5.41, 5.74) is 3.37. The molecule has 0 fully saturated rings. The van der Waals surface area contributed by atoms with Crippen LogP contribution in [0.2, 0.25) is 10.0 Å². The molecule has 0 radical (unpaired) electrons. The van der Waals surface area contributed by atoms with Crippen LogP contribution >= 0.6 is 39.1 Å². The lowest BCUT2D eigenvalue weighted by molar-refractivity contribution is 0.630. The van der Waals surface area contributed by atoms with E-state index in [1.807, 2.05) is 18.2 Å². The van der Waals surface area contributed by atoms with Gasteiger partial charge in [0.05, 0.1) is 16.1 Å². The topological polar surface area (TPSA) is 12.0 Å². The molecule has 20 heavy (non-hydrogen) atoms. The van der Waals surface area contributed by atoms with Gasteiger partial charge in [0.25, 0.3) is 0 Å². The number of hydrogen-bond acceptors (Lipinski definition) is 1. The van der Waals surface area contributed by atoms with Crippen LogP contribution in [0.1, 0.15) is 29.7 Å². The predicted octanol–water partition coefficient (Wildman–Crippen LogP) is 5.76. The molecule has 0 saturated carbocycles. The molecule has 1 N–H and O–H groups in total. The first kappa shape index (κ1) is 15.8. The second kappa shape index (κ2) is 6.95. The highest BCUT2D eigenvalue weighted by molar-refractivity contribution is 9.10. The van der Waals surface area contributed by atoms with Crippen LogP contribution in [-0.2, 0) is 0 Å². The Morgan fingerprint density at radius 2 is 1.95 bits per heavy atom. The molecule has 0 aromatic heterocycles. The SMILES string of the molecule is CCNC(c1cc(C)cc(Br)c1)c1cccc(Cl)c1Cl. The molecule has 0 bridgehead atoms. The average Bonchev–Trinajstić information content (AvgIpc) is 2.38. The summed E-state index contributed by atoms with van der Waals surface area (Å²) in [4.78, 5) is 0. The van der Waals surface area contributed by atoms with Crippen LogP contribution in [0.4, 0.5) is 0 Å². The van der Waals surface area contributed by atoms with Crippen LogP contribution < -0.4 is 5.32 Å². The molecular weight excluding hydrogens is 357 g/mol. The maximum Gasteiger partial charge on any atom is 0.0643 e. The van der Waals surface area contributed by atoms with E-state index in [0.29, 0.717) is 10.0 Å². The molecule has 0 spiro atoms. The fourth-order valence-corrected chi connectivity index (χ4v) is 3.33. The van der Waals surface area contributed by atoms with Gasteiger partial charge in [0.2, 0.25) is 0 Å². The maximum atomic E-state index is 6.37. The highest BCUT2D eigenvalue weighted by Crippen LogP contribution is 2.34. The Morgan fingerprint density at radius 3 is 2.60 bits per heavy atom. The van der Waals surface area contributed by atoms with Crippen molar-refractivity contribution in [3.05, 3.63) is 67.6 Å². The molecule has 2 rings (SSSR count). The summed E-state index contributed by atoms with van der Waals surface area (Å²) >= 11 is 16.1. The summed E-state index contributed by atoms with van der Waals surface area (Å²) in [6.45, 7) is 5.01. The lowest BCUT2D eigenvalue weighted by Crippen LogP contribution is -2.22. The minimum atomic E-state index is 0.0300. The molecule has 0 aliphatic heterocycles. The fourth-order valence-electron chi connectivity index (χ4n) is 2.29. The molecular formula is C16H16BrCl2N. The van der Waals surface area contributed by atoms with Crippen molar-refractivity contribution >= 4 is 39.1 Å². The summed E-state index contributed by atoms with van der Waals surface area (Å²) in [7, 11) is 0. The van der Waals surface area contributed by atoms with E-state index >= 15 is 0 Å². The number of halogens is 3. The van der Waals surface area contributed by atoms with Gasteiger partial charge in [-0.1, -0.05) is 64.3 Å². The maximum absolute atomic E-state index is 6.37. The summed E-state index contributed by atoms with van der Waals surface area (Å²) in [6, 6.07) is 12.1. The van der Waals surface area contributed by atoms with E-state index in [0.717, 1.165) is 16.6 Å². The third-order valence-electron chi connectivity index (χ3n) is 3.10. The zero-order chi connectivity index (χ0) is 14.7. The first-order chi connectivity index (χ1) is 9.52. The summed E-state index contributed by atoms with van der Waals surface area (Å²) in [6.07, 6.45) is 0. The highest BCUT2D eigenvalue weighted by atomic mass is 79.9. The zero-order valence-electron chi connectivity index (χ0n) is 11.4. The number of rotatable bonds is 4. The van der Waals surface area contributed by atoms with Crippen LogP contribution in [0.3, 0.4) is 0 Å².